The van der Waals surface area contributed by atoms with Gasteiger partial charge in [0.15, 0.2) is 0 Å². The van der Waals surface area contributed by atoms with E-state index in [1.54, 1.807) is 0 Å². The molecule has 72 valence electrons. The molecule has 2 rings (SSSR count). The lowest BCUT2D eigenvalue weighted by Gasteiger charge is -2.23. The molecule has 1 aromatic rings. The minimum absolute atomic E-state index is 0.656. The highest BCUT2D eigenvalue weighted by atomic mass is 15.1. The second-order valence-corrected chi connectivity index (χ2v) is 3.96. The van der Waals surface area contributed by atoms with E-state index >= 15 is 0 Å². The van der Waals surface area contributed by atoms with Crippen LogP contribution in [-0.2, 0) is 12.8 Å². The van der Waals surface area contributed by atoms with Crippen molar-refractivity contribution >= 4 is 0 Å². The van der Waals surface area contributed by atoms with E-state index in [1.165, 1.54) is 11.4 Å². The van der Waals surface area contributed by atoms with E-state index in [2.05, 4.69) is 28.7 Å². The molecule has 1 aliphatic rings. The number of H-pyrrole nitrogens is 1. The SMILES string of the molecule is CC(C)N1CCc2nc[nH]c2CC1. The van der Waals surface area contributed by atoms with Gasteiger partial charge in [0.2, 0.25) is 0 Å². The molecule has 1 aromatic heterocycles. The van der Waals surface area contributed by atoms with Crippen molar-refractivity contribution in [3.63, 3.8) is 0 Å². The normalized spacial score (nSPS) is 18.7. The number of hydrogen-bond acceptors (Lipinski definition) is 2. The molecule has 0 radical (unpaired) electrons. The molecular weight excluding hydrogens is 162 g/mol. The van der Waals surface area contributed by atoms with Crippen LogP contribution < -0.4 is 0 Å². The largest absolute Gasteiger partial charge is 0.348 e. The molecule has 3 heteroatoms. The number of aromatic amines is 1. The van der Waals surface area contributed by atoms with Crippen molar-refractivity contribution in [2.24, 2.45) is 0 Å². The highest BCUT2D eigenvalue weighted by Gasteiger charge is 2.16. The van der Waals surface area contributed by atoms with Gasteiger partial charge in [-0.2, -0.15) is 0 Å². The highest BCUT2D eigenvalue weighted by molar-refractivity contribution is 5.13. The molecule has 0 aromatic carbocycles. The lowest BCUT2D eigenvalue weighted by atomic mass is 10.2. The molecule has 1 N–H and O–H groups in total. The zero-order chi connectivity index (χ0) is 9.26. The van der Waals surface area contributed by atoms with Gasteiger partial charge in [0, 0.05) is 37.7 Å². The van der Waals surface area contributed by atoms with E-state index in [9.17, 15) is 0 Å². The predicted molar refractivity (Wildman–Crippen MR) is 52.7 cm³/mol. The van der Waals surface area contributed by atoms with Gasteiger partial charge in [0.1, 0.15) is 0 Å². The lowest BCUT2D eigenvalue weighted by molar-refractivity contribution is 0.232. The average Bonchev–Trinajstić information content (AvgIpc) is 2.44. The fraction of sp³-hybridized carbons (Fsp3) is 0.700. The van der Waals surface area contributed by atoms with Crippen molar-refractivity contribution in [3.8, 4) is 0 Å². The van der Waals surface area contributed by atoms with Gasteiger partial charge in [-0.05, 0) is 13.8 Å². The molecule has 0 unspecified atom stereocenters. The Morgan fingerprint density at radius 3 is 2.92 bits per heavy atom. The Hall–Kier alpha value is -0.830. The van der Waals surface area contributed by atoms with E-state index in [1.807, 2.05) is 6.33 Å². The van der Waals surface area contributed by atoms with Crippen LogP contribution in [0, 0.1) is 0 Å². The third-order valence-electron chi connectivity index (χ3n) is 2.82. The average molecular weight is 179 g/mol. The van der Waals surface area contributed by atoms with Crippen molar-refractivity contribution in [3.05, 3.63) is 17.7 Å². The third-order valence-corrected chi connectivity index (χ3v) is 2.82. The van der Waals surface area contributed by atoms with Crippen molar-refractivity contribution in [2.45, 2.75) is 32.7 Å². The summed E-state index contributed by atoms with van der Waals surface area (Å²) in [5.74, 6) is 0. The van der Waals surface area contributed by atoms with Crippen LogP contribution in [-0.4, -0.2) is 34.0 Å². The summed E-state index contributed by atoms with van der Waals surface area (Å²) < 4.78 is 0. The Bertz CT molecular complexity index is 255. The van der Waals surface area contributed by atoms with E-state index in [4.69, 9.17) is 0 Å². The van der Waals surface area contributed by atoms with E-state index < -0.39 is 0 Å². The summed E-state index contributed by atoms with van der Waals surface area (Å²) in [6.07, 6.45) is 4.03. The van der Waals surface area contributed by atoms with Gasteiger partial charge in [-0.1, -0.05) is 0 Å². The van der Waals surface area contributed by atoms with Crippen LogP contribution in [0.5, 0.6) is 0 Å². The molecule has 13 heavy (non-hydrogen) atoms. The predicted octanol–water partition coefficient (Wildman–Crippen LogP) is 1.22. The minimum atomic E-state index is 0.656. The summed E-state index contributed by atoms with van der Waals surface area (Å²) >= 11 is 0. The molecule has 0 bridgehead atoms. The van der Waals surface area contributed by atoms with Crippen molar-refractivity contribution in [1.82, 2.24) is 14.9 Å². The monoisotopic (exact) mass is 179 g/mol. The van der Waals surface area contributed by atoms with Crippen LogP contribution >= 0.6 is 0 Å². The maximum absolute atomic E-state index is 4.33. The molecule has 0 atom stereocenters. The van der Waals surface area contributed by atoms with Gasteiger partial charge >= 0.3 is 0 Å². The third kappa shape index (κ3) is 1.75. The number of aromatic nitrogens is 2. The highest BCUT2D eigenvalue weighted by Crippen LogP contribution is 2.12. The Labute approximate surface area is 79.2 Å². The molecule has 0 aliphatic carbocycles. The molecule has 3 nitrogen and oxygen atoms in total. The Morgan fingerprint density at radius 2 is 2.15 bits per heavy atom. The summed E-state index contributed by atoms with van der Waals surface area (Å²) in [5.41, 5.74) is 2.60. The number of hydrogen-bond donors (Lipinski definition) is 1. The van der Waals surface area contributed by atoms with E-state index in [-0.39, 0.29) is 0 Å². The fourth-order valence-corrected chi connectivity index (χ4v) is 1.91. The standard InChI is InChI=1S/C10H17N3/c1-8(2)13-5-3-9-10(4-6-13)12-7-11-9/h7-8H,3-6H2,1-2H3,(H,11,12). The summed E-state index contributed by atoms with van der Waals surface area (Å²) in [6.45, 7) is 6.82. The molecule has 2 heterocycles. The molecule has 1 aliphatic heterocycles. The van der Waals surface area contributed by atoms with E-state index in [0.29, 0.717) is 6.04 Å². The summed E-state index contributed by atoms with van der Waals surface area (Å²) in [4.78, 5) is 10.1. The first kappa shape index (κ1) is 8.75. The van der Waals surface area contributed by atoms with Crippen molar-refractivity contribution in [2.75, 3.05) is 13.1 Å². The Balaban J connectivity index is 2.08. The summed E-state index contributed by atoms with van der Waals surface area (Å²) in [7, 11) is 0. The van der Waals surface area contributed by atoms with E-state index in [0.717, 1.165) is 25.9 Å². The summed E-state index contributed by atoms with van der Waals surface area (Å²) in [6, 6.07) is 0.656. The zero-order valence-corrected chi connectivity index (χ0v) is 8.38. The molecule has 0 spiro atoms. The maximum Gasteiger partial charge on any atom is 0.0925 e. The van der Waals surface area contributed by atoms with Crippen LogP contribution in [0.3, 0.4) is 0 Å². The Morgan fingerprint density at radius 1 is 1.38 bits per heavy atom. The first-order valence-electron chi connectivity index (χ1n) is 5.02. The quantitative estimate of drug-likeness (QED) is 0.703. The maximum atomic E-state index is 4.33. The molecule has 0 saturated heterocycles. The van der Waals surface area contributed by atoms with Gasteiger partial charge in [0.25, 0.3) is 0 Å². The molecular formula is C10H17N3. The van der Waals surface area contributed by atoms with Gasteiger partial charge in [0.05, 0.1) is 12.0 Å². The second kappa shape index (κ2) is 3.50. The van der Waals surface area contributed by atoms with Gasteiger partial charge in [-0.25, -0.2) is 4.98 Å². The van der Waals surface area contributed by atoms with Crippen molar-refractivity contribution in [1.29, 1.82) is 0 Å². The minimum Gasteiger partial charge on any atom is -0.348 e. The number of fused-ring (bicyclic) bond motifs is 1. The van der Waals surface area contributed by atoms with Crippen molar-refractivity contribution < 1.29 is 0 Å². The summed E-state index contributed by atoms with van der Waals surface area (Å²) in [5, 5.41) is 0. The number of imidazole rings is 1. The van der Waals surface area contributed by atoms with Crippen LogP contribution in [0.2, 0.25) is 0 Å². The molecule has 0 saturated carbocycles. The second-order valence-electron chi connectivity index (χ2n) is 3.96. The number of nitrogens with zero attached hydrogens (tertiary/aromatic N) is 2. The van der Waals surface area contributed by atoms with Gasteiger partial charge in [-0.3, -0.25) is 0 Å². The first-order chi connectivity index (χ1) is 6.27. The van der Waals surface area contributed by atoms with Crippen LogP contribution in [0.4, 0.5) is 0 Å². The van der Waals surface area contributed by atoms with Crippen LogP contribution in [0.15, 0.2) is 6.33 Å². The smallest absolute Gasteiger partial charge is 0.0925 e. The first-order valence-corrected chi connectivity index (χ1v) is 5.02. The number of nitrogens with one attached hydrogen (secondary N) is 1. The molecule has 0 amide bonds. The molecule has 0 fully saturated rings. The van der Waals surface area contributed by atoms with Gasteiger partial charge in [-0.15, -0.1) is 0 Å². The fourth-order valence-electron chi connectivity index (χ4n) is 1.91. The van der Waals surface area contributed by atoms with Crippen LogP contribution in [0.25, 0.3) is 0 Å². The van der Waals surface area contributed by atoms with Gasteiger partial charge < -0.3 is 9.88 Å². The Kier molecular flexibility index (Phi) is 2.36. The number of rotatable bonds is 1. The topological polar surface area (TPSA) is 31.9 Å². The lowest BCUT2D eigenvalue weighted by Crippen LogP contribution is -2.33. The van der Waals surface area contributed by atoms with Crippen LogP contribution in [0.1, 0.15) is 25.2 Å². The zero-order valence-electron chi connectivity index (χ0n) is 8.38.